The molecule has 0 saturated carbocycles. The van der Waals surface area contributed by atoms with Gasteiger partial charge in [-0.25, -0.2) is 4.68 Å². The van der Waals surface area contributed by atoms with E-state index in [1.165, 1.54) is 4.68 Å². The summed E-state index contributed by atoms with van der Waals surface area (Å²) in [4.78, 5) is 12.0. The number of aromatic nitrogens is 2. The summed E-state index contributed by atoms with van der Waals surface area (Å²) in [5, 5.41) is 4.04. The fourth-order valence-corrected chi connectivity index (χ4v) is 1.75. The lowest BCUT2D eigenvalue weighted by Crippen LogP contribution is -2.22. The highest BCUT2D eigenvalue weighted by Gasteiger charge is 2.09. The number of rotatable bonds is 2. The Morgan fingerprint density at radius 2 is 1.94 bits per heavy atom. The minimum Gasteiger partial charge on any atom is -0.267 e. The van der Waals surface area contributed by atoms with E-state index in [0.29, 0.717) is 0 Å². The molecule has 82 valence electrons. The highest BCUT2D eigenvalue weighted by Crippen LogP contribution is 2.18. The molecule has 16 heavy (non-hydrogen) atoms. The van der Waals surface area contributed by atoms with E-state index in [9.17, 15) is 4.79 Å². The van der Waals surface area contributed by atoms with Crippen LogP contribution in [0.2, 0.25) is 0 Å². The first-order chi connectivity index (χ1) is 7.74. The fraction of sp³-hybridized carbons (Fsp3) is 0.231. The Balaban J connectivity index is 2.73. The van der Waals surface area contributed by atoms with Crippen molar-refractivity contribution in [2.24, 2.45) is 7.05 Å². The molecule has 3 nitrogen and oxygen atoms in total. The minimum atomic E-state index is -0.0365. The van der Waals surface area contributed by atoms with E-state index in [1.807, 2.05) is 37.3 Å². The summed E-state index contributed by atoms with van der Waals surface area (Å²) in [6.45, 7) is 2.03. The molecule has 0 aliphatic heterocycles. The number of nitrogens with zero attached hydrogens (tertiary/aromatic N) is 2. The van der Waals surface area contributed by atoms with Crippen LogP contribution in [0, 0.1) is 0 Å². The van der Waals surface area contributed by atoms with E-state index in [4.69, 9.17) is 0 Å². The predicted octanol–water partition coefficient (Wildman–Crippen LogP) is 2.01. The average molecular weight is 214 g/mol. The Bertz CT molecular complexity index is 544. The van der Waals surface area contributed by atoms with Crippen LogP contribution in [0.5, 0.6) is 0 Å². The zero-order valence-corrected chi connectivity index (χ0v) is 9.47. The average Bonchev–Trinajstić information content (AvgIpc) is 2.33. The number of benzene rings is 1. The lowest BCUT2D eigenvalue weighted by Gasteiger charge is -2.08. The molecule has 2 rings (SSSR count). The largest absolute Gasteiger partial charge is 0.274 e. The van der Waals surface area contributed by atoms with Gasteiger partial charge in [-0.05, 0) is 17.5 Å². The van der Waals surface area contributed by atoms with Gasteiger partial charge in [0.15, 0.2) is 0 Å². The van der Waals surface area contributed by atoms with Gasteiger partial charge in [0.1, 0.15) is 0 Å². The first kappa shape index (κ1) is 10.6. The second-order valence-electron chi connectivity index (χ2n) is 3.69. The van der Waals surface area contributed by atoms with Gasteiger partial charge in [-0.15, -0.1) is 0 Å². The van der Waals surface area contributed by atoms with Gasteiger partial charge in [0.25, 0.3) is 5.56 Å². The van der Waals surface area contributed by atoms with Crippen molar-refractivity contribution in [3.05, 3.63) is 52.4 Å². The van der Waals surface area contributed by atoms with Gasteiger partial charge in [-0.3, -0.25) is 4.79 Å². The molecule has 0 aliphatic carbocycles. The standard InChI is InChI=1S/C13H14N2O/c1-3-10-9-14-15(2)13(16)12(10)11-7-5-4-6-8-11/h4-9H,3H2,1-2H3. The van der Waals surface area contributed by atoms with Gasteiger partial charge in [0.05, 0.1) is 11.8 Å². The lowest BCUT2D eigenvalue weighted by atomic mass is 10.0. The number of hydrogen-bond acceptors (Lipinski definition) is 2. The second kappa shape index (κ2) is 4.31. The van der Waals surface area contributed by atoms with E-state index < -0.39 is 0 Å². The molecule has 0 fully saturated rings. The van der Waals surface area contributed by atoms with E-state index >= 15 is 0 Å². The third-order valence-corrected chi connectivity index (χ3v) is 2.66. The van der Waals surface area contributed by atoms with Crippen molar-refractivity contribution >= 4 is 0 Å². The highest BCUT2D eigenvalue weighted by atomic mass is 16.1. The Morgan fingerprint density at radius 1 is 1.25 bits per heavy atom. The van der Waals surface area contributed by atoms with E-state index in [0.717, 1.165) is 23.1 Å². The van der Waals surface area contributed by atoms with E-state index in [1.54, 1.807) is 13.2 Å². The van der Waals surface area contributed by atoms with Crippen LogP contribution < -0.4 is 5.56 Å². The Kier molecular flexibility index (Phi) is 2.86. The molecule has 0 radical (unpaired) electrons. The molecule has 2 aromatic rings. The molecular formula is C13H14N2O. The Morgan fingerprint density at radius 3 is 2.56 bits per heavy atom. The summed E-state index contributed by atoms with van der Waals surface area (Å²) < 4.78 is 1.38. The van der Waals surface area contributed by atoms with Gasteiger partial charge in [0, 0.05) is 7.05 Å². The molecule has 1 aromatic carbocycles. The van der Waals surface area contributed by atoms with Gasteiger partial charge < -0.3 is 0 Å². The van der Waals surface area contributed by atoms with E-state index in [-0.39, 0.29) is 5.56 Å². The van der Waals surface area contributed by atoms with Crippen molar-refractivity contribution in [2.45, 2.75) is 13.3 Å². The third-order valence-electron chi connectivity index (χ3n) is 2.66. The van der Waals surface area contributed by atoms with Crippen LogP contribution in [-0.2, 0) is 13.5 Å². The zero-order chi connectivity index (χ0) is 11.5. The van der Waals surface area contributed by atoms with Crippen LogP contribution in [0.25, 0.3) is 11.1 Å². The van der Waals surface area contributed by atoms with Gasteiger partial charge >= 0.3 is 0 Å². The van der Waals surface area contributed by atoms with Crippen molar-refractivity contribution < 1.29 is 0 Å². The molecule has 0 saturated heterocycles. The number of hydrogen-bond donors (Lipinski definition) is 0. The predicted molar refractivity (Wildman–Crippen MR) is 64.3 cm³/mol. The maximum absolute atomic E-state index is 12.0. The molecule has 0 amide bonds. The summed E-state index contributed by atoms with van der Waals surface area (Å²) in [5.74, 6) is 0. The molecule has 0 atom stereocenters. The first-order valence-electron chi connectivity index (χ1n) is 5.34. The van der Waals surface area contributed by atoms with Crippen LogP contribution >= 0.6 is 0 Å². The molecule has 1 aromatic heterocycles. The highest BCUT2D eigenvalue weighted by molar-refractivity contribution is 5.65. The maximum Gasteiger partial charge on any atom is 0.274 e. The summed E-state index contributed by atoms with van der Waals surface area (Å²) in [5.41, 5.74) is 2.68. The molecule has 3 heteroatoms. The minimum absolute atomic E-state index is 0.0365. The van der Waals surface area contributed by atoms with Crippen LogP contribution in [0.15, 0.2) is 41.3 Å². The maximum atomic E-state index is 12.0. The fourth-order valence-electron chi connectivity index (χ4n) is 1.75. The van der Waals surface area contributed by atoms with Crippen molar-refractivity contribution in [3.63, 3.8) is 0 Å². The van der Waals surface area contributed by atoms with Crippen molar-refractivity contribution in [1.29, 1.82) is 0 Å². The van der Waals surface area contributed by atoms with Crippen LogP contribution in [0.1, 0.15) is 12.5 Å². The van der Waals surface area contributed by atoms with Gasteiger partial charge in [-0.1, -0.05) is 37.3 Å². The van der Waals surface area contributed by atoms with E-state index in [2.05, 4.69) is 5.10 Å². The molecule has 0 spiro atoms. The van der Waals surface area contributed by atoms with Crippen molar-refractivity contribution in [1.82, 2.24) is 9.78 Å². The summed E-state index contributed by atoms with van der Waals surface area (Å²) in [6.07, 6.45) is 2.58. The van der Waals surface area contributed by atoms with Crippen molar-refractivity contribution in [2.75, 3.05) is 0 Å². The normalized spacial score (nSPS) is 10.4. The summed E-state index contributed by atoms with van der Waals surface area (Å²) >= 11 is 0. The second-order valence-corrected chi connectivity index (χ2v) is 3.69. The van der Waals surface area contributed by atoms with Crippen LogP contribution in [0.4, 0.5) is 0 Å². The molecular weight excluding hydrogens is 200 g/mol. The molecule has 0 N–H and O–H groups in total. The molecule has 1 heterocycles. The van der Waals surface area contributed by atoms with Crippen LogP contribution in [-0.4, -0.2) is 9.78 Å². The third kappa shape index (κ3) is 1.76. The SMILES string of the molecule is CCc1cnn(C)c(=O)c1-c1ccccc1. The topological polar surface area (TPSA) is 34.9 Å². The van der Waals surface area contributed by atoms with Crippen LogP contribution in [0.3, 0.4) is 0 Å². The van der Waals surface area contributed by atoms with Gasteiger partial charge in [-0.2, -0.15) is 5.10 Å². The summed E-state index contributed by atoms with van der Waals surface area (Å²) in [7, 11) is 1.67. The summed E-state index contributed by atoms with van der Waals surface area (Å²) in [6, 6.07) is 9.73. The smallest absolute Gasteiger partial charge is 0.267 e. The Hall–Kier alpha value is -1.90. The number of aryl methyl sites for hydroxylation is 2. The monoisotopic (exact) mass is 214 g/mol. The van der Waals surface area contributed by atoms with Crippen molar-refractivity contribution in [3.8, 4) is 11.1 Å². The molecule has 0 bridgehead atoms. The van der Waals surface area contributed by atoms with Gasteiger partial charge in [0.2, 0.25) is 0 Å². The Labute approximate surface area is 94.4 Å². The first-order valence-corrected chi connectivity index (χ1v) is 5.34. The lowest BCUT2D eigenvalue weighted by molar-refractivity contribution is 0.702. The zero-order valence-electron chi connectivity index (χ0n) is 9.47. The molecule has 0 unspecified atom stereocenters. The molecule has 0 aliphatic rings. The quantitative estimate of drug-likeness (QED) is 0.766.